The van der Waals surface area contributed by atoms with Crippen molar-refractivity contribution in [1.82, 2.24) is 15.1 Å². The van der Waals surface area contributed by atoms with Crippen LogP contribution in [-0.4, -0.2) is 21.1 Å². The van der Waals surface area contributed by atoms with Crippen LogP contribution in [0.3, 0.4) is 0 Å². The van der Waals surface area contributed by atoms with Gasteiger partial charge in [0.25, 0.3) is 5.89 Å². The van der Waals surface area contributed by atoms with E-state index in [1.165, 1.54) is 0 Å². The number of nitrogens with zero attached hydrogens (tertiary/aromatic N) is 2. The number of nitrogens with one attached hydrogen (secondary N) is 1. The Morgan fingerprint density at radius 3 is 2.96 bits per heavy atom. The topological polar surface area (TPSA) is 81.0 Å². The van der Waals surface area contributed by atoms with Crippen LogP contribution in [0.25, 0.3) is 22.3 Å². The Morgan fingerprint density at radius 1 is 1.20 bits per heavy atom. The van der Waals surface area contributed by atoms with Gasteiger partial charge in [0.2, 0.25) is 5.82 Å². The van der Waals surface area contributed by atoms with Gasteiger partial charge in [-0.25, -0.2) is 4.79 Å². The fourth-order valence-corrected chi connectivity index (χ4v) is 2.69. The minimum absolute atomic E-state index is 0.105. The van der Waals surface area contributed by atoms with Crippen molar-refractivity contribution in [3.63, 3.8) is 0 Å². The molecule has 4 aromatic rings. The molecule has 0 spiro atoms. The molecule has 1 N–H and O–H groups in total. The lowest BCUT2D eigenvalue weighted by atomic mass is 10.2. The molecule has 0 bridgehead atoms. The Kier molecular flexibility index (Phi) is 3.95. The van der Waals surface area contributed by atoms with Gasteiger partial charge in [0.05, 0.1) is 5.56 Å². The molecule has 0 unspecified atom stereocenters. The summed E-state index contributed by atoms with van der Waals surface area (Å²) in [6.07, 6.45) is 1.62. The van der Waals surface area contributed by atoms with E-state index in [0.29, 0.717) is 16.4 Å². The predicted octanol–water partition coefficient (Wildman–Crippen LogP) is 4.23. The van der Waals surface area contributed by atoms with E-state index in [2.05, 4.69) is 15.1 Å². The van der Waals surface area contributed by atoms with Gasteiger partial charge in [0.15, 0.2) is 6.61 Å². The van der Waals surface area contributed by atoms with E-state index in [1.807, 2.05) is 30.3 Å². The zero-order valence-electron chi connectivity index (χ0n) is 12.9. The third kappa shape index (κ3) is 3.12. The molecule has 0 saturated carbocycles. The summed E-state index contributed by atoms with van der Waals surface area (Å²) in [5.41, 5.74) is 2.06. The van der Waals surface area contributed by atoms with E-state index >= 15 is 0 Å². The van der Waals surface area contributed by atoms with Crippen molar-refractivity contribution in [3.8, 4) is 11.4 Å². The summed E-state index contributed by atoms with van der Waals surface area (Å²) in [6, 6.07) is 14.6. The first-order valence-electron chi connectivity index (χ1n) is 7.52. The second-order valence-electron chi connectivity index (χ2n) is 5.35. The van der Waals surface area contributed by atoms with Crippen LogP contribution in [0.2, 0.25) is 5.02 Å². The van der Waals surface area contributed by atoms with Gasteiger partial charge >= 0.3 is 5.97 Å². The number of ether oxygens (including phenoxy) is 1. The average Bonchev–Trinajstić information content (AvgIpc) is 3.27. The molecule has 2 heterocycles. The van der Waals surface area contributed by atoms with Gasteiger partial charge < -0.3 is 14.2 Å². The Hall–Kier alpha value is -3.12. The molecule has 0 aliphatic rings. The third-order valence-electron chi connectivity index (χ3n) is 3.69. The normalized spacial score (nSPS) is 10.9. The average molecular weight is 354 g/mol. The standard InChI is InChI=1S/C18H12ClN3O3/c19-12-5-3-4-11(8-12)17-21-16(25-22-17)10-24-18(23)14-9-20-15-7-2-1-6-13(14)15/h1-9,20H,10H2. The second-order valence-corrected chi connectivity index (χ2v) is 5.78. The second kappa shape index (κ2) is 6.41. The fourth-order valence-electron chi connectivity index (χ4n) is 2.50. The Balaban J connectivity index is 1.47. The largest absolute Gasteiger partial charge is 0.452 e. The zero-order chi connectivity index (χ0) is 17.2. The van der Waals surface area contributed by atoms with Crippen LogP contribution in [0, 0.1) is 0 Å². The lowest BCUT2D eigenvalue weighted by Crippen LogP contribution is -2.04. The molecule has 7 heteroatoms. The van der Waals surface area contributed by atoms with Crippen molar-refractivity contribution in [2.45, 2.75) is 6.61 Å². The highest BCUT2D eigenvalue weighted by molar-refractivity contribution is 6.30. The minimum atomic E-state index is -0.458. The lowest BCUT2D eigenvalue weighted by Gasteiger charge is -2.00. The van der Waals surface area contributed by atoms with Crippen molar-refractivity contribution in [2.24, 2.45) is 0 Å². The molecule has 0 saturated heterocycles. The van der Waals surface area contributed by atoms with Crippen molar-refractivity contribution in [3.05, 3.63) is 71.2 Å². The van der Waals surface area contributed by atoms with E-state index in [0.717, 1.165) is 16.5 Å². The molecule has 0 atom stereocenters. The Morgan fingerprint density at radius 2 is 2.08 bits per heavy atom. The molecule has 0 aliphatic carbocycles. The molecule has 25 heavy (non-hydrogen) atoms. The molecule has 4 rings (SSSR count). The highest BCUT2D eigenvalue weighted by atomic mass is 35.5. The Bertz CT molecular complexity index is 1050. The highest BCUT2D eigenvalue weighted by Gasteiger charge is 2.15. The maximum absolute atomic E-state index is 12.3. The summed E-state index contributed by atoms with van der Waals surface area (Å²) in [4.78, 5) is 19.5. The Labute approximate surface area is 147 Å². The van der Waals surface area contributed by atoms with Crippen LogP contribution in [0.4, 0.5) is 0 Å². The van der Waals surface area contributed by atoms with Crippen molar-refractivity contribution >= 4 is 28.5 Å². The van der Waals surface area contributed by atoms with Crippen LogP contribution in [0.15, 0.2) is 59.3 Å². The molecular weight excluding hydrogens is 342 g/mol. The summed E-state index contributed by atoms with van der Waals surface area (Å²) in [5.74, 6) is 0.142. The number of esters is 1. The number of para-hydroxylation sites is 1. The van der Waals surface area contributed by atoms with Crippen molar-refractivity contribution < 1.29 is 14.1 Å². The first-order valence-corrected chi connectivity index (χ1v) is 7.90. The van der Waals surface area contributed by atoms with Crippen LogP contribution < -0.4 is 0 Å². The van der Waals surface area contributed by atoms with Crippen LogP contribution >= 0.6 is 11.6 Å². The molecule has 2 aromatic carbocycles. The van der Waals surface area contributed by atoms with Crippen molar-refractivity contribution in [1.29, 1.82) is 0 Å². The van der Waals surface area contributed by atoms with Gasteiger partial charge in [0, 0.05) is 27.7 Å². The van der Waals surface area contributed by atoms with E-state index in [-0.39, 0.29) is 12.5 Å². The maximum Gasteiger partial charge on any atom is 0.340 e. The summed E-state index contributed by atoms with van der Waals surface area (Å²) >= 11 is 5.95. The number of benzene rings is 2. The number of H-pyrrole nitrogens is 1. The fraction of sp³-hybridized carbons (Fsp3) is 0.0556. The first kappa shape index (κ1) is 15.4. The van der Waals surface area contributed by atoms with E-state index < -0.39 is 5.97 Å². The van der Waals surface area contributed by atoms with Gasteiger partial charge in [-0.3, -0.25) is 0 Å². The van der Waals surface area contributed by atoms with Crippen LogP contribution in [-0.2, 0) is 11.3 Å². The van der Waals surface area contributed by atoms with E-state index in [9.17, 15) is 4.79 Å². The van der Waals surface area contributed by atoms with Crippen LogP contribution in [0.5, 0.6) is 0 Å². The third-order valence-corrected chi connectivity index (χ3v) is 3.92. The molecule has 2 aromatic heterocycles. The zero-order valence-corrected chi connectivity index (χ0v) is 13.7. The maximum atomic E-state index is 12.3. The summed E-state index contributed by atoms with van der Waals surface area (Å²) in [5, 5.41) is 5.26. The number of rotatable bonds is 4. The molecule has 6 nitrogen and oxygen atoms in total. The number of fused-ring (bicyclic) bond motifs is 1. The van der Waals surface area contributed by atoms with Gasteiger partial charge in [-0.2, -0.15) is 4.98 Å². The summed E-state index contributed by atoms with van der Waals surface area (Å²) in [7, 11) is 0. The number of halogens is 1. The van der Waals surface area contributed by atoms with Crippen LogP contribution in [0.1, 0.15) is 16.2 Å². The molecule has 0 aliphatic heterocycles. The number of aromatic nitrogens is 3. The smallest absolute Gasteiger partial charge is 0.340 e. The summed E-state index contributed by atoms with van der Waals surface area (Å²) < 4.78 is 10.4. The molecule has 0 radical (unpaired) electrons. The minimum Gasteiger partial charge on any atom is -0.452 e. The molecule has 0 amide bonds. The van der Waals surface area contributed by atoms with Gasteiger partial charge in [0.1, 0.15) is 0 Å². The van der Waals surface area contributed by atoms with Gasteiger partial charge in [-0.15, -0.1) is 0 Å². The number of carbonyl (C=O) groups is 1. The number of aromatic amines is 1. The summed E-state index contributed by atoms with van der Waals surface area (Å²) in [6.45, 7) is -0.105. The van der Waals surface area contributed by atoms with Gasteiger partial charge in [-0.1, -0.05) is 47.1 Å². The quantitative estimate of drug-likeness (QED) is 0.555. The number of carbonyl (C=O) groups excluding carboxylic acids is 1. The highest BCUT2D eigenvalue weighted by Crippen LogP contribution is 2.21. The monoisotopic (exact) mass is 353 g/mol. The molecule has 124 valence electrons. The van der Waals surface area contributed by atoms with E-state index in [1.54, 1.807) is 24.4 Å². The molecular formula is C18H12ClN3O3. The SMILES string of the molecule is O=C(OCc1nc(-c2cccc(Cl)c2)no1)c1c[nH]c2ccccc12. The first-order chi connectivity index (χ1) is 12.2. The number of hydrogen-bond acceptors (Lipinski definition) is 5. The number of hydrogen-bond donors (Lipinski definition) is 1. The van der Waals surface area contributed by atoms with E-state index in [4.69, 9.17) is 20.9 Å². The lowest BCUT2D eigenvalue weighted by molar-refractivity contribution is 0.0432. The predicted molar refractivity (Wildman–Crippen MR) is 92.2 cm³/mol. The van der Waals surface area contributed by atoms with Crippen molar-refractivity contribution in [2.75, 3.05) is 0 Å². The molecule has 0 fully saturated rings. The van der Waals surface area contributed by atoms with Gasteiger partial charge in [-0.05, 0) is 18.2 Å².